The van der Waals surface area contributed by atoms with Crippen LogP contribution in [0.2, 0.25) is 0 Å². The Kier molecular flexibility index (Phi) is 4.39. The topological polar surface area (TPSA) is 44.1 Å². The van der Waals surface area contributed by atoms with E-state index in [0.29, 0.717) is 12.2 Å². The number of halogens is 1. The summed E-state index contributed by atoms with van der Waals surface area (Å²) in [5.41, 5.74) is 3.65. The smallest absolute Gasteiger partial charge is 0.338 e. The van der Waals surface area contributed by atoms with Crippen molar-refractivity contribution in [3.8, 4) is 5.69 Å². The summed E-state index contributed by atoms with van der Waals surface area (Å²) in [6, 6.07) is 11.6. The zero-order chi connectivity index (χ0) is 16.6. The van der Waals surface area contributed by atoms with Crippen molar-refractivity contribution in [1.29, 1.82) is 0 Å². The van der Waals surface area contributed by atoms with Crippen LogP contribution in [-0.4, -0.2) is 22.4 Å². The average molecular weight is 420 g/mol. The van der Waals surface area contributed by atoms with Gasteiger partial charge in [-0.2, -0.15) is 5.10 Å². The Balaban J connectivity index is 2.26. The first-order chi connectivity index (χ1) is 11.0. The summed E-state index contributed by atoms with van der Waals surface area (Å²) < 4.78 is 8.26. The number of nitrogens with zero attached hydrogens (tertiary/aromatic N) is 2. The molecule has 4 nitrogen and oxygen atoms in total. The number of carbonyl (C=O) groups excluding carboxylic acids is 1. The van der Waals surface area contributed by atoms with Gasteiger partial charge in [0, 0.05) is 5.39 Å². The van der Waals surface area contributed by atoms with Crippen LogP contribution in [0, 0.1) is 17.4 Å². The Hall–Kier alpha value is -1.89. The van der Waals surface area contributed by atoms with Gasteiger partial charge in [-0.3, -0.25) is 0 Å². The molecule has 1 aromatic heterocycles. The molecule has 118 valence electrons. The lowest BCUT2D eigenvalue weighted by Gasteiger charge is -2.12. The maximum Gasteiger partial charge on any atom is 0.338 e. The first-order valence-corrected chi connectivity index (χ1v) is 8.53. The highest BCUT2D eigenvalue weighted by Crippen LogP contribution is 2.28. The molecular formula is C18H17IN2O2. The van der Waals surface area contributed by atoms with E-state index in [1.54, 1.807) is 0 Å². The number of aromatic nitrogens is 2. The standard InChI is InChI=1S/C18H17IN2O2/c1-4-23-18(22)15-9-10-16(14-8-6-5-7-13(14)15)21-12(3)17(19)11(2)20-21/h5-10H,4H2,1-3H3. The minimum absolute atomic E-state index is 0.293. The molecule has 0 saturated carbocycles. The molecule has 0 aliphatic heterocycles. The van der Waals surface area contributed by atoms with Crippen molar-refractivity contribution in [2.24, 2.45) is 0 Å². The van der Waals surface area contributed by atoms with Crippen LogP contribution in [0.15, 0.2) is 36.4 Å². The summed E-state index contributed by atoms with van der Waals surface area (Å²) in [5, 5.41) is 6.50. The number of fused-ring (bicyclic) bond motifs is 1. The molecule has 2 aromatic carbocycles. The van der Waals surface area contributed by atoms with Gasteiger partial charge in [0.1, 0.15) is 0 Å². The van der Waals surface area contributed by atoms with E-state index < -0.39 is 0 Å². The first-order valence-electron chi connectivity index (χ1n) is 7.45. The number of rotatable bonds is 3. The molecule has 0 N–H and O–H groups in total. The fraction of sp³-hybridized carbons (Fsp3) is 0.222. The van der Waals surface area contributed by atoms with Crippen LogP contribution >= 0.6 is 22.6 Å². The molecule has 0 saturated heterocycles. The summed E-state index contributed by atoms with van der Waals surface area (Å²) in [6.45, 7) is 6.23. The summed E-state index contributed by atoms with van der Waals surface area (Å²) in [4.78, 5) is 12.2. The summed E-state index contributed by atoms with van der Waals surface area (Å²) in [5.74, 6) is -0.293. The van der Waals surface area contributed by atoms with Crippen LogP contribution < -0.4 is 0 Å². The second-order valence-electron chi connectivity index (χ2n) is 5.29. The van der Waals surface area contributed by atoms with Crippen molar-refractivity contribution in [3.05, 3.63) is 56.9 Å². The van der Waals surface area contributed by atoms with Crippen LogP contribution in [0.4, 0.5) is 0 Å². The van der Waals surface area contributed by atoms with Crippen LogP contribution in [0.5, 0.6) is 0 Å². The average Bonchev–Trinajstić information content (AvgIpc) is 2.81. The maximum absolute atomic E-state index is 12.2. The van der Waals surface area contributed by atoms with Crippen LogP contribution in [0.1, 0.15) is 28.7 Å². The van der Waals surface area contributed by atoms with Crippen LogP contribution in [0.3, 0.4) is 0 Å². The predicted octanol–water partition coefficient (Wildman–Crippen LogP) is 4.42. The lowest BCUT2D eigenvalue weighted by molar-refractivity contribution is 0.0528. The van der Waals surface area contributed by atoms with Crippen LogP contribution in [0.25, 0.3) is 16.5 Å². The minimum atomic E-state index is -0.293. The summed E-state index contributed by atoms with van der Waals surface area (Å²) in [6.07, 6.45) is 0. The monoisotopic (exact) mass is 420 g/mol. The highest BCUT2D eigenvalue weighted by Gasteiger charge is 2.16. The van der Waals surface area contributed by atoms with Crippen molar-refractivity contribution in [2.45, 2.75) is 20.8 Å². The molecule has 5 heteroatoms. The quantitative estimate of drug-likeness (QED) is 0.466. The highest BCUT2D eigenvalue weighted by atomic mass is 127. The predicted molar refractivity (Wildman–Crippen MR) is 99.2 cm³/mol. The normalized spacial score (nSPS) is 11.0. The zero-order valence-electron chi connectivity index (χ0n) is 13.3. The number of benzene rings is 2. The molecule has 0 radical (unpaired) electrons. The molecule has 0 amide bonds. The Labute approximate surface area is 148 Å². The third-order valence-electron chi connectivity index (χ3n) is 3.83. The van der Waals surface area contributed by atoms with E-state index in [9.17, 15) is 4.79 Å². The van der Waals surface area contributed by atoms with Crippen LogP contribution in [-0.2, 0) is 4.74 Å². The Morgan fingerprint density at radius 2 is 1.87 bits per heavy atom. The van der Waals surface area contributed by atoms with Crippen molar-refractivity contribution in [1.82, 2.24) is 9.78 Å². The number of carbonyl (C=O) groups is 1. The van der Waals surface area contributed by atoms with Crippen molar-refractivity contribution in [3.63, 3.8) is 0 Å². The zero-order valence-corrected chi connectivity index (χ0v) is 15.4. The Morgan fingerprint density at radius 1 is 1.17 bits per heavy atom. The number of esters is 1. The molecule has 23 heavy (non-hydrogen) atoms. The summed E-state index contributed by atoms with van der Waals surface area (Å²) in [7, 11) is 0. The van der Waals surface area contributed by atoms with E-state index in [1.807, 2.05) is 54.9 Å². The van der Waals surface area contributed by atoms with Crippen molar-refractivity contribution in [2.75, 3.05) is 6.61 Å². The van der Waals surface area contributed by atoms with Gasteiger partial charge in [-0.25, -0.2) is 9.48 Å². The van der Waals surface area contributed by atoms with Gasteiger partial charge in [0.25, 0.3) is 0 Å². The second kappa shape index (κ2) is 6.31. The van der Waals surface area contributed by atoms with E-state index in [1.165, 1.54) is 0 Å². The lowest BCUT2D eigenvalue weighted by Crippen LogP contribution is -2.07. The largest absolute Gasteiger partial charge is 0.462 e. The molecule has 0 bridgehead atoms. The molecule has 0 atom stereocenters. The molecule has 0 fully saturated rings. The minimum Gasteiger partial charge on any atom is -0.462 e. The molecule has 3 rings (SSSR count). The molecule has 0 aliphatic rings. The SMILES string of the molecule is CCOC(=O)c1ccc(-n2nc(C)c(I)c2C)c2ccccc12. The molecule has 3 aromatic rings. The van der Waals surface area contributed by atoms with Gasteiger partial charge >= 0.3 is 5.97 Å². The van der Waals surface area contributed by atoms with Crippen molar-refractivity contribution < 1.29 is 9.53 Å². The Bertz CT molecular complexity index is 899. The van der Waals surface area contributed by atoms with Gasteiger partial charge in [-0.15, -0.1) is 0 Å². The number of aryl methyl sites for hydroxylation is 1. The van der Waals surface area contributed by atoms with Crippen molar-refractivity contribution >= 4 is 39.3 Å². The molecule has 0 aliphatic carbocycles. The third kappa shape index (κ3) is 2.73. The fourth-order valence-electron chi connectivity index (χ4n) is 2.71. The molecule has 1 heterocycles. The van der Waals surface area contributed by atoms with Gasteiger partial charge in [0.2, 0.25) is 0 Å². The molecular weight excluding hydrogens is 403 g/mol. The summed E-state index contributed by atoms with van der Waals surface area (Å²) >= 11 is 2.31. The number of ether oxygens (including phenoxy) is 1. The maximum atomic E-state index is 12.2. The van der Waals surface area contributed by atoms with E-state index in [-0.39, 0.29) is 5.97 Å². The van der Waals surface area contributed by atoms with Gasteiger partial charge in [-0.1, -0.05) is 24.3 Å². The highest BCUT2D eigenvalue weighted by molar-refractivity contribution is 14.1. The van der Waals surface area contributed by atoms with Gasteiger partial charge < -0.3 is 4.74 Å². The van der Waals surface area contributed by atoms with Gasteiger partial charge in [-0.05, 0) is 60.9 Å². The number of hydrogen-bond acceptors (Lipinski definition) is 3. The third-order valence-corrected chi connectivity index (χ3v) is 5.39. The van der Waals surface area contributed by atoms with E-state index in [0.717, 1.165) is 31.4 Å². The Morgan fingerprint density at radius 3 is 2.48 bits per heavy atom. The second-order valence-corrected chi connectivity index (χ2v) is 6.37. The lowest BCUT2D eigenvalue weighted by atomic mass is 10.0. The molecule has 0 spiro atoms. The van der Waals surface area contributed by atoms with Gasteiger partial charge in [0.05, 0.1) is 32.8 Å². The molecule has 0 unspecified atom stereocenters. The first kappa shape index (κ1) is 16.0. The van der Waals surface area contributed by atoms with E-state index in [2.05, 4.69) is 34.6 Å². The number of hydrogen-bond donors (Lipinski definition) is 0. The van der Waals surface area contributed by atoms with E-state index >= 15 is 0 Å². The van der Waals surface area contributed by atoms with Gasteiger partial charge in [0.15, 0.2) is 0 Å². The van der Waals surface area contributed by atoms with E-state index in [4.69, 9.17) is 4.74 Å². The fourth-order valence-corrected chi connectivity index (χ4v) is 3.05.